The summed E-state index contributed by atoms with van der Waals surface area (Å²) in [5.41, 5.74) is 0.410. The van der Waals surface area contributed by atoms with Gasteiger partial charge in [0, 0.05) is 4.47 Å². The molecule has 2 atom stereocenters. The first-order chi connectivity index (χ1) is 9.44. The van der Waals surface area contributed by atoms with Gasteiger partial charge in [-0.2, -0.15) is 0 Å². The third-order valence-corrected chi connectivity index (χ3v) is 4.34. The molecule has 1 saturated carbocycles. The number of rotatable bonds is 5. The molecule has 1 aliphatic rings. The molecule has 0 aromatic heterocycles. The summed E-state index contributed by atoms with van der Waals surface area (Å²) in [4.78, 5) is 0. The molecule has 0 spiro atoms. The molecule has 1 fully saturated rings. The van der Waals surface area contributed by atoms with Crippen molar-refractivity contribution in [1.82, 2.24) is 0 Å². The molecule has 3 heteroatoms. The van der Waals surface area contributed by atoms with Crippen molar-refractivity contribution in [3.05, 3.63) is 28.7 Å². The minimum Gasteiger partial charge on any atom is -0.491 e. The minimum absolute atomic E-state index is 0.389. The lowest BCUT2D eigenvalue weighted by Gasteiger charge is -2.38. The zero-order valence-electron chi connectivity index (χ0n) is 12.7. The van der Waals surface area contributed by atoms with Crippen molar-refractivity contribution >= 4 is 15.9 Å². The monoisotopic (exact) mass is 340 g/mol. The van der Waals surface area contributed by atoms with Crippen LogP contribution in [0, 0.1) is 11.3 Å². The molecule has 0 aliphatic heterocycles. The molecule has 2 nitrogen and oxygen atoms in total. The zero-order chi connectivity index (χ0) is 14.6. The molecule has 0 saturated heterocycles. The van der Waals surface area contributed by atoms with Crippen LogP contribution in [0.1, 0.15) is 40.0 Å². The lowest BCUT2D eigenvalue weighted by atomic mass is 9.71. The molecule has 0 N–H and O–H groups in total. The van der Waals surface area contributed by atoms with Crippen LogP contribution in [0.3, 0.4) is 0 Å². The molecule has 0 amide bonds. The van der Waals surface area contributed by atoms with Gasteiger partial charge in [0.15, 0.2) is 0 Å². The summed E-state index contributed by atoms with van der Waals surface area (Å²) >= 11 is 3.44. The quantitative estimate of drug-likeness (QED) is 0.697. The standard InChI is InChI=1S/C17H25BrO2/c1-13-9-16(12-17(2,3)11-13)20-8-7-19-15-6-4-5-14(18)10-15/h4-6,10,13,16H,7-9,11-12H2,1-3H3. The Morgan fingerprint density at radius 3 is 2.75 bits per heavy atom. The number of ether oxygens (including phenoxy) is 2. The summed E-state index contributed by atoms with van der Waals surface area (Å²) in [6, 6.07) is 7.92. The molecule has 1 aliphatic carbocycles. The highest BCUT2D eigenvalue weighted by molar-refractivity contribution is 9.10. The third-order valence-electron chi connectivity index (χ3n) is 3.85. The van der Waals surface area contributed by atoms with E-state index in [9.17, 15) is 0 Å². The summed E-state index contributed by atoms with van der Waals surface area (Å²) in [5, 5.41) is 0. The smallest absolute Gasteiger partial charge is 0.120 e. The van der Waals surface area contributed by atoms with E-state index in [0.717, 1.165) is 22.6 Å². The van der Waals surface area contributed by atoms with Crippen LogP contribution >= 0.6 is 15.9 Å². The highest BCUT2D eigenvalue weighted by Crippen LogP contribution is 2.39. The van der Waals surface area contributed by atoms with Gasteiger partial charge in [-0.3, -0.25) is 0 Å². The van der Waals surface area contributed by atoms with Crippen molar-refractivity contribution in [2.75, 3.05) is 13.2 Å². The van der Waals surface area contributed by atoms with Crippen molar-refractivity contribution < 1.29 is 9.47 Å². The lowest BCUT2D eigenvalue weighted by molar-refractivity contribution is -0.0317. The molecule has 1 aromatic rings. The van der Waals surface area contributed by atoms with Crippen LogP contribution in [0.15, 0.2) is 28.7 Å². The number of hydrogen-bond donors (Lipinski definition) is 0. The Kier molecular flexibility index (Phi) is 5.50. The van der Waals surface area contributed by atoms with E-state index >= 15 is 0 Å². The second kappa shape index (κ2) is 6.95. The van der Waals surface area contributed by atoms with E-state index in [0.29, 0.717) is 24.7 Å². The minimum atomic E-state index is 0.389. The summed E-state index contributed by atoms with van der Waals surface area (Å²) < 4.78 is 12.7. The fourth-order valence-electron chi connectivity index (χ4n) is 3.32. The van der Waals surface area contributed by atoms with Gasteiger partial charge in [-0.05, 0) is 48.8 Å². The highest BCUT2D eigenvalue weighted by atomic mass is 79.9. The first-order valence-electron chi connectivity index (χ1n) is 7.44. The van der Waals surface area contributed by atoms with E-state index in [1.54, 1.807) is 0 Å². The Balaban J connectivity index is 1.71. The molecule has 0 heterocycles. The van der Waals surface area contributed by atoms with E-state index in [4.69, 9.17) is 9.47 Å². The van der Waals surface area contributed by atoms with Crippen LogP contribution in [0.4, 0.5) is 0 Å². The van der Waals surface area contributed by atoms with Crippen molar-refractivity contribution in [3.63, 3.8) is 0 Å². The predicted molar refractivity (Wildman–Crippen MR) is 86.2 cm³/mol. The average molecular weight is 341 g/mol. The van der Waals surface area contributed by atoms with Crippen molar-refractivity contribution in [3.8, 4) is 5.75 Å². The first-order valence-corrected chi connectivity index (χ1v) is 8.24. The van der Waals surface area contributed by atoms with E-state index in [2.05, 4.69) is 36.7 Å². The first kappa shape index (κ1) is 15.8. The Morgan fingerprint density at radius 1 is 1.25 bits per heavy atom. The van der Waals surface area contributed by atoms with Gasteiger partial charge in [-0.25, -0.2) is 0 Å². The Labute approximate surface area is 131 Å². The van der Waals surface area contributed by atoms with Crippen LogP contribution < -0.4 is 4.74 Å². The molecular weight excluding hydrogens is 316 g/mol. The summed E-state index contributed by atoms with van der Waals surface area (Å²) in [6.07, 6.45) is 4.04. The Morgan fingerprint density at radius 2 is 2.05 bits per heavy atom. The van der Waals surface area contributed by atoms with Gasteiger partial charge in [0.05, 0.1) is 12.7 Å². The van der Waals surface area contributed by atoms with Gasteiger partial charge in [-0.1, -0.05) is 42.8 Å². The predicted octanol–water partition coefficient (Wildman–Crippen LogP) is 5.06. The van der Waals surface area contributed by atoms with Gasteiger partial charge >= 0.3 is 0 Å². The van der Waals surface area contributed by atoms with Crippen molar-refractivity contribution in [2.24, 2.45) is 11.3 Å². The van der Waals surface area contributed by atoms with Crippen molar-refractivity contribution in [2.45, 2.75) is 46.1 Å². The molecule has 112 valence electrons. The molecular formula is C17H25BrO2. The van der Waals surface area contributed by atoms with Gasteiger partial charge in [0.2, 0.25) is 0 Å². The number of hydrogen-bond acceptors (Lipinski definition) is 2. The van der Waals surface area contributed by atoms with Crippen LogP contribution in [-0.2, 0) is 4.74 Å². The maximum Gasteiger partial charge on any atom is 0.120 e. The largest absolute Gasteiger partial charge is 0.491 e. The third kappa shape index (κ3) is 5.10. The fraction of sp³-hybridized carbons (Fsp3) is 0.647. The number of halogens is 1. The van der Waals surface area contributed by atoms with Crippen molar-refractivity contribution in [1.29, 1.82) is 0 Å². The Bertz CT molecular complexity index is 431. The molecule has 1 aromatic carbocycles. The topological polar surface area (TPSA) is 18.5 Å². The maximum atomic E-state index is 6.00. The van der Waals surface area contributed by atoms with Gasteiger partial charge < -0.3 is 9.47 Å². The summed E-state index contributed by atoms with van der Waals surface area (Å²) in [7, 11) is 0. The summed E-state index contributed by atoms with van der Waals surface area (Å²) in [6.45, 7) is 8.30. The molecule has 2 unspecified atom stereocenters. The van der Waals surface area contributed by atoms with Gasteiger partial charge in [0.25, 0.3) is 0 Å². The fourth-order valence-corrected chi connectivity index (χ4v) is 3.69. The Hall–Kier alpha value is -0.540. The van der Waals surface area contributed by atoms with E-state index in [1.165, 1.54) is 12.8 Å². The van der Waals surface area contributed by atoms with E-state index in [1.807, 2.05) is 24.3 Å². The van der Waals surface area contributed by atoms with E-state index < -0.39 is 0 Å². The van der Waals surface area contributed by atoms with Crippen LogP contribution in [0.2, 0.25) is 0 Å². The van der Waals surface area contributed by atoms with Gasteiger partial charge in [0.1, 0.15) is 12.4 Å². The van der Waals surface area contributed by atoms with Crippen LogP contribution in [0.25, 0.3) is 0 Å². The summed E-state index contributed by atoms with van der Waals surface area (Å²) in [5.74, 6) is 1.65. The molecule has 2 rings (SSSR count). The average Bonchev–Trinajstić information content (AvgIpc) is 2.32. The number of benzene rings is 1. The van der Waals surface area contributed by atoms with Crippen LogP contribution in [-0.4, -0.2) is 19.3 Å². The SMILES string of the molecule is CC1CC(OCCOc2cccc(Br)c2)CC(C)(C)C1. The van der Waals surface area contributed by atoms with Crippen LogP contribution in [0.5, 0.6) is 5.75 Å². The highest BCUT2D eigenvalue weighted by Gasteiger charge is 2.32. The molecule has 0 bridgehead atoms. The normalized spacial score (nSPS) is 25.4. The lowest BCUT2D eigenvalue weighted by Crippen LogP contribution is -2.33. The maximum absolute atomic E-state index is 6.00. The van der Waals surface area contributed by atoms with Gasteiger partial charge in [-0.15, -0.1) is 0 Å². The second-order valence-electron chi connectivity index (χ2n) is 6.71. The zero-order valence-corrected chi connectivity index (χ0v) is 14.3. The molecule has 20 heavy (non-hydrogen) atoms. The molecule has 0 radical (unpaired) electrons. The van der Waals surface area contributed by atoms with E-state index in [-0.39, 0.29) is 0 Å². The second-order valence-corrected chi connectivity index (χ2v) is 7.63.